The standard InChI is InChI=1S/C8H16FNO/c1-10-4-2-7(6-11)8(9)3-5-10/h7-8,11H,2-6H2,1H3/t7-,8+/m0/s1. The maximum absolute atomic E-state index is 13.1. The molecule has 0 bridgehead atoms. The molecule has 0 amide bonds. The summed E-state index contributed by atoms with van der Waals surface area (Å²) < 4.78 is 13.1. The van der Waals surface area contributed by atoms with Crippen LogP contribution in [0.1, 0.15) is 12.8 Å². The first-order valence-electron chi connectivity index (χ1n) is 4.17. The minimum Gasteiger partial charge on any atom is -0.396 e. The second-order valence-electron chi connectivity index (χ2n) is 3.34. The summed E-state index contributed by atoms with van der Waals surface area (Å²) in [5, 5.41) is 8.81. The molecule has 0 radical (unpaired) electrons. The summed E-state index contributed by atoms with van der Waals surface area (Å²) in [7, 11) is 1.99. The monoisotopic (exact) mass is 161 g/mol. The zero-order valence-corrected chi connectivity index (χ0v) is 6.96. The maximum Gasteiger partial charge on any atom is 0.106 e. The molecule has 1 heterocycles. The number of alkyl halides is 1. The molecule has 0 spiro atoms. The SMILES string of the molecule is CN1CC[C@@H](CO)[C@H](F)CC1. The molecule has 0 aromatic heterocycles. The Bertz CT molecular complexity index is 121. The Morgan fingerprint density at radius 2 is 2.09 bits per heavy atom. The Balaban J connectivity index is 2.41. The molecular weight excluding hydrogens is 145 g/mol. The number of likely N-dealkylation sites (tertiary alicyclic amines) is 1. The van der Waals surface area contributed by atoms with Gasteiger partial charge in [0.25, 0.3) is 0 Å². The summed E-state index contributed by atoms with van der Waals surface area (Å²) in [6.07, 6.45) is 0.556. The lowest BCUT2D eigenvalue weighted by Crippen LogP contribution is -2.19. The summed E-state index contributed by atoms with van der Waals surface area (Å²) >= 11 is 0. The third-order valence-corrected chi connectivity index (χ3v) is 2.41. The third kappa shape index (κ3) is 2.42. The van der Waals surface area contributed by atoms with E-state index in [1.54, 1.807) is 0 Å². The topological polar surface area (TPSA) is 23.5 Å². The minimum atomic E-state index is -0.801. The smallest absolute Gasteiger partial charge is 0.106 e. The molecular formula is C8H16FNO. The number of aliphatic hydroxyl groups excluding tert-OH is 1. The third-order valence-electron chi connectivity index (χ3n) is 2.41. The first kappa shape index (κ1) is 8.94. The highest BCUT2D eigenvalue weighted by atomic mass is 19.1. The van der Waals surface area contributed by atoms with Crippen LogP contribution in [0.4, 0.5) is 4.39 Å². The van der Waals surface area contributed by atoms with Gasteiger partial charge >= 0.3 is 0 Å². The van der Waals surface area contributed by atoms with E-state index in [1.165, 1.54) is 0 Å². The highest BCUT2D eigenvalue weighted by Crippen LogP contribution is 2.19. The Kier molecular flexibility index (Phi) is 3.27. The van der Waals surface area contributed by atoms with Gasteiger partial charge in [-0.05, 0) is 26.4 Å². The number of rotatable bonds is 1. The van der Waals surface area contributed by atoms with Crippen molar-refractivity contribution in [1.29, 1.82) is 0 Å². The zero-order valence-electron chi connectivity index (χ0n) is 6.96. The van der Waals surface area contributed by atoms with Crippen LogP contribution in [0.15, 0.2) is 0 Å². The van der Waals surface area contributed by atoms with Crippen molar-refractivity contribution in [2.24, 2.45) is 5.92 Å². The first-order valence-corrected chi connectivity index (χ1v) is 4.17. The largest absolute Gasteiger partial charge is 0.396 e. The highest BCUT2D eigenvalue weighted by molar-refractivity contribution is 4.75. The molecule has 3 heteroatoms. The second kappa shape index (κ2) is 4.02. The average Bonchev–Trinajstić information content (AvgIpc) is 2.15. The van der Waals surface area contributed by atoms with Crippen LogP contribution < -0.4 is 0 Å². The maximum atomic E-state index is 13.1. The highest BCUT2D eigenvalue weighted by Gasteiger charge is 2.23. The Labute approximate surface area is 67.0 Å². The van der Waals surface area contributed by atoms with Crippen molar-refractivity contribution in [3.05, 3.63) is 0 Å². The van der Waals surface area contributed by atoms with Gasteiger partial charge in [0.15, 0.2) is 0 Å². The molecule has 2 atom stereocenters. The molecule has 1 rings (SSSR count). The second-order valence-corrected chi connectivity index (χ2v) is 3.34. The molecule has 1 aliphatic rings. The summed E-state index contributed by atoms with van der Waals surface area (Å²) in [5.74, 6) is -0.125. The van der Waals surface area contributed by atoms with Crippen molar-refractivity contribution in [3.8, 4) is 0 Å². The number of hydrogen-bond donors (Lipinski definition) is 1. The van der Waals surface area contributed by atoms with Crippen molar-refractivity contribution in [3.63, 3.8) is 0 Å². The van der Waals surface area contributed by atoms with Crippen LogP contribution in [0.25, 0.3) is 0 Å². The molecule has 1 fully saturated rings. The van der Waals surface area contributed by atoms with E-state index in [4.69, 9.17) is 5.11 Å². The van der Waals surface area contributed by atoms with Gasteiger partial charge in [-0.1, -0.05) is 0 Å². The van der Waals surface area contributed by atoms with Crippen molar-refractivity contribution >= 4 is 0 Å². The van der Waals surface area contributed by atoms with Gasteiger partial charge in [-0.3, -0.25) is 0 Å². The Morgan fingerprint density at radius 1 is 1.45 bits per heavy atom. The summed E-state index contributed by atoms with van der Waals surface area (Å²) in [6, 6.07) is 0. The van der Waals surface area contributed by atoms with Gasteiger partial charge < -0.3 is 10.0 Å². The van der Waals surface area contributed by atoms with Crippen LogP contribution in [0.2, 0.25) is 0 Å². The molecule has 1 aliphatic heterocycles. The van der Waals surface area contributed by atoms with E-state index in [9.17, 15) is 4.39 Å². The van der Waals surface area contributed by atoms with Crippen LogP contribution in [-0.4, -0.2) is 42.9 Å². The fourth-order valence-electron chi connectivity index (χ4n) is 1.46. The minimum absolute atomic E-state index is 0.00495. The van der Waals surface area contributed by atoms with Crippen LogP contribution in [0, 0.1) is 5.92 Å². The van der Waals surface area contributed by atoms with E-state index < -0.39 is 6.17 Å². The molecule has 0 aromatic rings. The molecule has 2 nitrogen and oxygen atoms in total. The number of nitrogens with zero attached hydrogens (tertiary/aromatic N) is 1. The Hall–Kier alpha value is -0.150. The molecule has 0 saturated carbocycles. The molecule has 1 saturated heterocycles. The van der Waals surface area contributed by atoms with Gasteiger partial charge in [-0.2, -0.15) is 0 Å². The fraction of sp³-hybridized carbons (Fsp3) is 1.00. The number of halogens is 1. The van der Waals surface area contributed by atoms with Crippen LogP contribution in [0.3, 0.4) is 0 Å². The van der Waals surface area contributed by atoms with E-state index in [2.05, 4.69) is 4.90 Å². The van der Waals surface area contributed by atoms with Gasteiger partial charge in [-0.25, -0.2) is 4.39 Å². The zero-order chi connectivity index (χ0) is 8.27. The molecule has 11 heavy (non-hydrogen) atoms. The Morgan fingerprint density at radius 3 is 2.73 bits per heavy atom. The molecule has 0 aliphatic carbocycles. The van der Waals surface area contributed by atoms with Crippen molar-refractivity contribution in [1.82, 2.24) is 4.90 Å². The van der Waals surface area contributed by atoms with Crippen molar-refractivity contribution in [2.75, 3.05) is 26.7 Å². The number of hydrogen-bond acceptors (Lipinski definition) is 2. The van der Waals surface area contributed by atoms with E-state index in [0.29, 0.717) is 6.42 Å². The van der Waals surface area contributed by atoms with Gasteiger partial charge in [0.05, 0.1) is 0 Å². The molecule has 66 valence electrons. The molecule has 1 N–H and O–H groups in total. The van der Waals surface area contributed by atoms with Crippen LogP contribution in [-0.2, 0) is 0 Å². The lowest BCUT2D eigenvalue weighted by molar-refractivity contribution is 0.136. The molecule has 0 aromatic carbocycles. The van der Waals surface area contributed by atoms with Gasteiger partial charge in [-0.15, -0.1) is 0 Å². The predicted molar refractivity (Wildman–Crippen MR) is 42.2 cm³/mol. The summed E-state index contributed by atoms with van der Waals surface area (Å²) in [4.78, 5) is 2.11. The molecule has 0 unspecified atom stereocenters. The van der Waals surface area contributed by atoms with E-state index in [1.807, 2.05) is 7.05 Å². The van der Waals surface area contributed by atoms with Gasteiger partial charge in [0.1, 0.15) is 6.17 Å². The van der Waals surface area contributed by atoms with Crippen LogP contribution >= 0.6 is 0 Å². The fourth-order valence-corrected chi connectivity index (χ4v) is 1.46. The van der Waals surface area contributed by atoms with Gasteiger partial charge in [0, 0.05) is 19.1 Å². The lowest BCUT2D eigenvalue weighted by atomic mass is 10.0. The van der Waals surface area contributed by atoms with E-state index in [0.717, 1.165) is 19.5 Å². The van der Waals surface area contributed by atoms with Crippen LogP contribution in [0.5, 0.6) is 0 Å². The summed E-state index contributed by atoms with van der Waals surface area (Å²) in [5.41, 5.74) is 0. The lowest BCUT2D eigenvalue weighted by Gasteiger charge is -2.13. The van der Waals surface area contributed by atoms with Gasteiger partial charge in [0.2, 0.25) is 0 Å². The predicted octanol–water partition coefficient (Wildman–Crippen LogP) is 0.659. The first-order chi connectivity index (χ1) is 5.24. The summed E-state index contributed by atoms with van der Waals surface area (Å²) in [6.45, 7) is 1.72. The normalized spacial score (nSPS) is 35.2. The van der Waals surface area contributed by atoms with Crippen molar-refractivity contribution < 1.29 is 9.50 Å². The quantitative estimate of drug-likeness (QED) is 0.610. The number of aliphatic hydroxyl groups is 1. The van der Waals surface area contributed by atoms with Crippen molar-refractivity contribution in [2.45, 2.75) is 19.0 Å². The average molecular weight is 161 g/mol. The van der Waals surface area contributed by atoms with E-state index >= 15 is 0 Å². The van der Waals surface area contributed by atoms with E-state index in [-0.39, 0.29) is 12.5 Å².